The highest BCUT2D eigenvalue weighted by Gasteiger charge is 2.21. The molecule has 0 radical (unpaired) electrons. The fourth-order valence-electron chi connectivity index (χ4n) is 4.40. The van der Waals surface area contributed by atoms with Crippen molar-refractivity contribution in [3.63, 3.8) is 0 Å². The smallest absolute Gasteiger partial charge is 0.326 e. The summed E-state index contributed by atoms with van der Waals surface area (Å²) in [6.45, 7) is 7.16. The van der Waals surface area contributed by atoms with Gasteiger partial charge >= 0.3 is 5.69 Å². The van der Waals surface area contributed by atoms with Crippen LogP contribution in [0.5, 0.6) is 0 Å². The lowest BCUT2D eigenvalue weighted by atomic mass is 10.1. The molecule has 0 saturated heterocycles. The molecule has 0 aliphatic carbocycles. The van der Waals surface area contributed by atoms with E-state index in [1.54, 1.807) is 38.4 Å². The Morgan fingerprint density at radius 3 is 2.68 bits per heavy atom. The first-order chi connectivity index (χ1) is 18.2. The minimum Gasteiger partial charge on any atom is -0.389 e. The average molecular weight is 535 g/mol. The number of benzene rings is 1. The molecule has 198 valence electrons. The molecule has 4 heterocycles. The van der Waals surface area contributed by atoms with E-state index in [0.29, 0.717) is 47.1 Å². The number of aryl methyl sites for hydroxylation is 1. The standard InChI is InChI=1S/C27H30N6O4S/c1-4-37-13-5-12-32-20-15-21-19(30-26(35)33(21)16-27(2,3)36)14-18(20)29-25(32)31-24(34)23-7-6-22(38-23)17-8-10-28-11-9-17/h6-11,14-15,36H,4-5,12-13,16H2,1-3H3,(H,30,35)(H,29,31,34). The SMILES string of the molecule is CCOCCCn1c(NC(=O)c2ccc(-c3ccncc3)s2)nc2cc3[nH]c(=O)n(CC(C)(C)O)c3cc21. The van der Waals surface area contributed by atoms with Gasteiger partial charge in [0, 0.05) is 37.0 Å². The number of nitrogens with zero attached hydrogens (tertiary/aromatic N) is 4. The number of pyridine rings is 1. The van der Waals surface area contributed by atoms with Gasteiger partial charge in [0.25, 0.3) is 5.91 Å². The Labute approximate surface area is 222 Å². The molecule has 3 N–H and O–H groups in total. The van der Waals surface area contributed by atoms with E-state index in [4.69, 9.17) is 9.72 Å². The summed E-state index contributed by atoms with van der Waals surface area (Å²) in [5, 5.41) is 13.3. The summed E-state index contributed by atoms with van der Waals surface area (Å²) in [4.78, 5) is 39.0. The van der Waals surface area contributed by atoms with Crippen LogP contribution >= 0.6 is 11.3 Å². The third-order valence-electron chi connectivity index (χ3n) is 6.08. The minimum absolute atomic E-state index is 0.137. The van der Waals surface area contributed by atoms with Crippen molar-refractivity contribution in [1.29, 1.82) is 0 Å². The van der Waals surface area contributed by atoms with E-state index in [2.05, 4.69) is 15.3 Å². The van der Waals surface area contributed by atoms with Gasteiger partial charge in [0.05, 0.1) is 39.1 Å². The van der Waals surface area contributed by atoms with Crippen LogP contribution in [0.15, 0.2) is 53.6 Å². The van der Waals surface area contributed by atoms with Crippen molar-refractivity contribution in [3.05, 3.63) is 64.2 Å². The summed E-state index contributed by atoms with van der Waals surface area (Å²) >= 11 is 1.40. The van der Waals surface area contributed by atoms with Gasteiger partial charge in [-0.3, -0.25) is 19.7 Å². The molecule has 0 bridgehead atoms. The lowest BCUT2D eigenvalue weighted by Crippen LogP contribution is -2.31. The zero-order valence-electron chi connectivity index (χ0n) is 21.5. The van der Waals surface area contributed by atoms with Gasteiger partial charge in [0.1, 0.15) is 0 Å². The second-order valence-corrected chi connectivity index (χ2v) is 10.8. The molecule has 0 atom stereocenters. The fourth-order valence-corrected chi connectivity index (χ4v) is 5.31. The Hall–Kier alpha value is -3.80. The largest absolute Gasteiger partial charge is 0.389 e. The van der Waals surface area contributed by atoms with Crippen LogP contribution in [0, 0.1) is 0 Å². The molecular weight excluding hydrogens is 504 g/mol. The highest BCUT2D eigenvalue weighted by Crippen LogP contribution is 2.29. The van der Waals surface area contributed by atoms with Crippen molar-refractivity contribution in [2.75, 3.05) is 18.5 Å². The molecule has 0 fully saturated rings. The number of fused-ring (bicyclic) bond motifs is 2. The number of anilines is 1. The molecule has 1 aromatic carbocycles. The second kappa shape index (κ2) is 10.5. The Kier molecular flexibility index (Phi) is 7.15. The zero-order valence-corrected chi connectivity index (χ0v) is 22.3. The third-order valence-corrected chi connectivity index (χ3v) is 7.22. The number of ether oxygens (including phenoxy) is 1. The van der Waals surface area contributed by atoms with E-state index in [1.165, 1.54) is 15.9 Å². The van der Waals surface area contributed by atoms with E-state index >= 15 is 0 Å². The summed E-state index contributed by atoms with van der Waals surface area (Å²) in [6, 6.07) is 11.2. The number of nitrogens with one attached hydrogen (secondary N) is 2. The molecule has 5 aromatic rings. The number of rotatable bonds is 10. The molecule has 5 rings (SSSR count). The topological polar surface area (TPSA) is 127 Å². The van der Waals surface area contributed by atoms with Gasteiger partial charge in [-0.25, -0.2) is 9.78 Å². The van der Waals surface area contributed by atoms with Crippen LogP contribution in [0.3, 0.4) is 0 Å². The van der Waals surface area contributed by atoms with Crippen LogP contribution in [0.1, 0.15) is 36.9 Å². The highest BCUT2D eigenvalue weighted by atomic mass is 32.1. The normalized spacial score (nSPS) is 12.0. The zero-order chi connectivity index (χ0) is 26.9. The summed E-state index contributed by atoms with van der Waals surface area (Å²) in [5.41, 5.74) is 2.33. The maximum atomic E-state index is 13.2. The summed E-state index contributed by atoms with van der Waals surface area (Å²) < 4.78 is 8.99. The maximum absolute atomic E-state index is 13.2. The Morgan fingerprint density at radius 1 is 1.16 bits per heavy atom. The summed E-state index contributed by atoms with van der Waals surface area (Å²) in [5.74, 6) is 0.172. The number of imidazole rings is 2. The molecule has 0 aliphatic rings. The van der Waals surface area contributed by atoms with Crippen molar-refractivity contribution in [2.24, 2.45) is 0 Å². The Balaban J connectivity index is 1.51. The first-order valence-electron chi connectivity index (χ1n) is 12.5. The van der Waals surface area contributed by atoms with E-state index in [1.807, 2.05) is 35.8 Å². The molecule has 0 aliphatic heterocycles. The molecule has 0 unspecified atom stereocenters. The Morgan fingerprint density at radius 2 is 1.95 bits per heavy atom. The van der Waals surface area contributed by atoms with Gasteiger partial charge in [0.15, 0.2) is 0 Å². The second-order valence-electron chi connectivity index (χ2n) is 9.68. The maximum Gasteiger partial charge on any atom is 0.326 e. The van der Waals surface area contributed by atoms with Crippen molar-refractivity contribution < 1.29 is 14.6 Å². The van der Waals surface area contributed by atoms with Crippen molar-refractivity contribution in [2.45, 2.75) is 45.9 Å². The summed E-state index contributed by atoms with van der Waals surface area (Å²) in [7, 11) is 0. The number of aromatic amines is 1. The number of amides is 1. The monoisotopic (exact) mass is 534 g/mol. The first kappa shape index (κ1) is 25.8. The van der Waals surface area contributed by atoms with Crippen molar-refractivity contribution >= 4 is 45.3 Å². The number of thiophene rings is 1. The third kappa shape index (κ3) is 5.40. The molecule has 0 spiro atoms. The summed E-state index contributed by atoms with van der Waals surface area (Å²) in [6.07, 6.45) is 4.17. The van der Waals surface area contributed by atoms with E-state index in [-0.39, 0.29) is 18.1 Å². The average Bonchev–Trinajstić information content (AvgIpc) is 3.57. The number of carbonyl (C=O) groups excluding carboxylic acids is 1. The molecule has 4 aromatic heterocycles. The fraction of sp³-hybridized carbons (Fsp3) is 0.333. The van der Waals surface area contributed by atoms with E-state index in [9.17, 15) is 14.7 Å². The molecule has 10 nitrogen and oxygen atoms in total. The molecule has 38 heavy (non-hydrogen) atoms. The molecular formula is C27H30N6O4S. The molecule has 1 amide bonds. The molecule has 11 heteroatoms. The number of aliphatic hydroxyl groups is 1. The first-order valence-corrected chi connectivity index (χ1v) is 13.3. The minimum atomic E-state index is -1.07. The van der Waals surface area contributed by atoms with Crippen LogP contribution in [-0.4, -0.2) is 53.9 Å². The van der Waals surface area contributed by atoms with Crippen molar-refractivity contribution in [3.8, 4) is 10.4 Å². The lowest BCUT2D eigenvalue weighted by Gasteiger charge is -2.17. The van der Waals surface area contributed by atoms with Gasteiger partial charge in [0.2, 0.25) is 5.95 Å². The van der Waals surface area contributed by atoms with Crippen molar-refractivity contribution in [1.82, 2.24) is 24.1 Å². The number of aromatic nitrogens is 5. The highest BCUT2D eigenvalue weighted by molar-refractivity contribution is 7.17. The quantitative estimate of drug-likeness (QED) is 0.230. The van der Waals surface area contributed by atoms with Crippen LogP contribution in [0.2, 0.25) is 0 Å². The van der Waals surface area contributed by atoms with Gasteiger partial charge in [-0.15, -0.1) is 11.3 Å². The van der Waals surface area contributed by atoms with Gasteiger partial charge in [-0.2, -0.15) is 0 Å². The van der Waals surface area contributed by atoms with Gasteiger partial charge in [-0.1, -0.05) is 0 Å². The van der Waals surface area contributed by atoms with Gasteiger partial charge in [-0.05, 0) is 69.2 Å². The van der Waals surface area contributed by atoms with E-state index in [0.717, 1.165) is 22.4 Å². The van der Waals surface area contributed by atoms with E-state index < -0.39 is 5.60 Å². The number of H-pyrrole nitrogens is 1. The Bertz CT molecular complexity index is 1640. The predicted octanol–water partition coefficient (Wildman–Crippen LogP) is 4.25. The number of hydrogen-bond donors (Lipinski definition) is 3. The van der Waals surface area contributed by atoms with Gasteiger partial charge < -0.3 is 19.4 Å². The molecule has 0 saturated carbocycles. The van der Waals surface area contributed by atoms with Crippen LogP contribution in [0.4, 0.5) is 5.95 Å². The predicted molar refractivity (Wildman–Crippen MR) is 149 cm³/mol. The number of hydrogen-bond acceptors (Lipinski definition) is 7. The van der Waals surface area contributed by atoms with Crippen LogP contribution < -0.4 is 11.0 Å². The van der Waals surface area contributed by atoms with Crippen LogP contribution in [0.25, 0.3) is 32.5 Å². The number of carbonyl (C=O) groups is 1. The lowest BCUT2D eigenvalue weighted by molar-refractivity contribution is 0.0617. The van der Waals surface area contributed by atoms with Crippen LogP contribution in [-0.2, 0) is 17.8 Å².